The van der Waals surface area contributed by atoms with Gasteiger partial charge in [0.25, 0.3) is 0 Å². The lowest BCUT2D eigenvalue weighted by atomic mass is 10.1. The predicted octanol–water partition coefficient (Wildman–Crippen LogP) is 2.71. The van der Waals surface area contributed by atoms with Crippen molar-refractivity contribution in [2.45, 2.75) is 0 Å². The number of nitrogens with zero attached hydrogens (tertiary/aromatic N) is 8. The third kappa shape index (κ3) is 2.45. The summed E-state index contributed by atoms with van der Waals surface area (Å²) >= 11 is 1.52. The molecule has 0 unspecified atom stereocenters. The Morgan fingerprint density at radius 3 is 2.73 bits per heavy atom. The maximum absolute atomic E-state index is 4.54. The van der Waals surface area contributed by atoms with Crippen molar-refractivity contribution in [3.05, 3.63) is 54.3 Å². The minimum absolute atomic E-state index is 0.581. The molecule has 0 aliphatic carbocycles. The van der Waals surface area contributed by atoms with Crippen LogP contribution in [0.1, 0.15) is 0 Å². The minimum Gasteiger partial charge on any atom is -0.300 e. The van der Waals surface area contributed by atoms with Gasteiger partial charge in [0.05, 0.1) is 18.9 Å². The van der Waals surface area contributed by atoms with Crippen LogP contribution in [0.4, 0.5) is 0 Å². The van der Waals surface area contributed by atoms with Gasteiger partial charge in [0.1, 0.15) is 16.2 Å². The largest absolute Gasteiger partial charge is 0.300 e. The van der Waals surface area contributed by atoms with E-state index in [1.54, 1.807) is 12.6 Å². The van der Waals surface area contributed by atoms with Gasteiger partial charge in [-0.05, 0) is 23.4 Å². The first kappa shape index (κ1) is 14.8. The van der Waals surface area contributed by atoms with Crippen molar-refractivity contribution in [3.63, 3.8) is 0 Å². The molecule has 0 aliphatic rings. The maximum atomic E-state index is 4.54. The number of aryl methyl sites for hydroxylation is 1. The summed E-state index contributed by atoms with van der Waals surface area (Å²) in [7, 11) is 1.74. The van der Waals surface area contributed by atoms with E-state index in [0.717, 1.165) is 33.0 Å². The number of imidazole rings is 1. The zero-order valence-corrected chi connectivity index (χ0v) is 14.5. The molecule has 0 N–H and O–H groups in total. The molecule has 0 saturated heterocycles. The van der Waals surface area contributed by atoms with Gasteiger partial charge in [0, 0.05) is 22.9 Å². The fraction of sp³-hybridized carbons (Fsp3) is 0.0588. The molecule has 26 heavy (non-hydrogen) atoms. The summed E-state index contributed by atoms with van der Waals surface area (Å²) in [6, 6.07) is 12.1. The van der Waals surface area contributed by atoms with Crippen LogP contribution in [0.15, 0.2) is 54.3 Å². The van der Waals surface area contributed by atoms with Crippen LogP contribution < -0.4 is 0 Å². The summed E-state index contributed by atoms with van der Waals surface area (Å²) < 4.78 is 2.04. The number of aromatic nitrogens is 8. The lowest BCUT2D eigenvalue weighted by molar-refractivity contribution is 0.630. The first-order valence-electron chi connectivity index (χ1n) is 7.86. The van der Waals surface area contributed by atoms with Crippen molar-refractivity contribution in [1.29, 1.82) is 0 Å². The molecular formula is C17H12N8S. The van der Waals surface area contributed by atoms with Crippen LogP contribution in [0, 0.1) is 0 Å². The van der Waals surface area contributed by atoms with Gasteiger partial charge >= 0.3 is 0 Å². The minimum atomic E-state index is 0.581. The third-order valence-corrected chi connectivity index (χ3v) is 4.79. The van der Waals surface area contributed by atoms with Gasteiger partial charge in [-0.3, -0.25) is 4.40 Å². The molecule has 0 radical (unpaired) electrons. The molecule has 0 atom stereocenters. The highest BCUT2D eigenvalue weighted by atomic mass is 32.1. The van der Waals surface area contributed by atoms with Gasteiger partial charge in [-0.1, -0.05) is 29.5 Å². The van der Waals surface area contributed by atoms with Crippen molar-refractivity contribution in [2.75, 3.05) is 0 Å². The van der Waals surface area contributed by atoms with E-state index in [1.807, 2.05) is 41.1 Å². The Balaban J connectivity index is 1.59. The van der Waals surface area contributed by atoms with Crippen LogP contribution >= 0.6 is 11.3 Å². The van der Waals surface area contributed by atoms with Gasteiger partial charge in [-0.15, -0.1) is 20.4 Å². The zero-order valence-electron chi connectivity index (χ0n) is 13.7. The lowest BCUT2D eigenvalue weighted by Gasteiger charge is -2.04. The number of tetrazole rings is 1. The van der Waals surface area contributed by atoms with Crippen LogP contribution in [0.25, 0.3) is 38.9 Å². The Hall–Kier alpha value is -3.46. The summed E-state index contributed by atoms with van der Waals surface area (Å²) in [6.07, 6.45) is 3.84. The maximum Gasteiger partial charge on any atom is 0.205 e. The highest BCUT2D eigenvalue weighted by Crippen LogP contribution is 2.28. The average molecular weight is 360 g/mol. The Morgan fingerprint density at radius 1 is 1.00 bits per heavy atom. The number of hydrogen-bond donors (Lipinski definition) is 0. The first-order valence-corrected chi connectivity index (χ1v) is 8.74. The molecule has 9 heteroatoms. The second kappa shape index (κ2) is 5.81. The van der Waals surface area contributed by atoms with E-state index in [-0.39, 0.29) is 0 Å². The van der Waals surface area contributed by atoms with Crippen molar-refractivity contribution in [1.82, 2.24) is 39.8 Å². The van der Waals surface area contributed by atoms with Crippen LogP contribution in [0.3, 0.4) is 0 Å². The van der Waals surface area contributed by atoms with Gasteiger partial charge in [-0.2, -0.15) is 4.80 Å². The third-order valence-electron chi connectivity index (χ3n) is 4.05. The number of fused-ring (bicyclic) bond motifs is 1. The molecule has 5 aromatic rings. The fourth-order valence-corrected chi connectivity index (χ4v) is 3.39. The second-order valence-electron chi connectivity index (χ2n) is 5.71. The average Bonchev–Trinajstić information content (AvgIpc) is 3.42. The second-order valence-corrected chi connectivity index (χ2v) is 6.55. The monoisotopic (exact) mass is 360 g/mol. The van der Waals surface area contributed by atoms with Gasteiger partial charge < -0.3 is 0 Å². The number of benzene rings is 1. The Kier molecular flexibility index (Phi) is 3.32. The first-order chi connectivity index (χ1) is 12.8. The highest BCUT2D eigenvalue weighted by Gasteiger charge is 2.11. The zero-order chi connectivity index (χ0) is 17.5. The molecule has 4 heterocycles. The van der Waals surface area contributed by atoms with E-state index >= 15 is 0 Å². The smallest absolute Gasteiger partial charge is 0.205 e. The van der Waals surface area contributed by atoms with Gasteiger partial charge in [-0.25, -0.2) is 4.98 Å². The molecule has 5 rings (SSSR count). The van der Waals surface area contributed by atoms with Crippen LogP contribution in [-0.4, -0.2) is 39.8 Å². The summed E-state index contributed by atoms with van der Waals surface area (Å²) in [5.74, 6) is 0.581. The van der Waals surface area contributed by atoms with E-state index in [9.17, 15) is 0 Å². The molecule has 0 spiro atoms. The summed E-state index contributed by atoms with van der Waals surface area (Å²) in [6.45, 7) is 0. The molecule has 0 fully saturated rings. The van der Waals surface area contributed by atoms with Crippen LogP contribution in [-0.2, 0) is 7.05 Å². The van der Waals surface area contributed by atoms with Gasteiger partial charge in [0.15, 0.2) is 0 Å². The van der Waals surface area contributed by atoms with Gasteiger partial charge in [0.2, 0.25) is 5.82 Å². The molecule has 0 amide bonds. The molecule has 126 valence electrons. The Morgan fingerprint density at radius 2 is 1.92 bits per heavy atom. The van der Waals surface area contributed by atoms with Crippen molar-refractivity contribution in [2.24, 2.45) is 7.05 Å². The quantitative estimate of drug-likeness (QED) is 0.492. The predicted molar refractivity (Wildman–Crippen MR) is 97.3 cm³/mol. The van der Waals surface area contributed by atoms with E-state index in [2.05, 4.69) is 42.7 Å². The van der Waals surface area contributed by atoms with E-state index in [4.69, 9.17) is 0 Å². The molecular weight excluding hydrogens is 348 g/mol. The van der Waals surface area contributed by atoms with E-state index in [1.165, 1.54) is 16.1 Å². The van der Waals surface area contributed by atoms with Crippen molar-refractivity contribution < 1.29 is 0 Å². The number of rotatable bonds is 3. The number of pyridine rings is 1. The molecule has 0 bridgehead atoms. The van der Waals surface area contributed by atoms with Crippen LogP contribution in [0.2, 0.25) is 0 Å². The molecule has 1 aromatic carbocycles. The molecule has 4 aromatic heterocycles. The Labute approximate surface area is 151 Å². The molecule has 8 nitrogen and oxygen atoms in total. The molecule has 0 aliphatic heterocycles. The van der Waals surface area contributed by atoms with E-state index < -0.39 is 0 Å². The highest BCUT2D eigenvalue weighted by molar-refractivity contribution is 7.12. The lowest BCUT2D eigenvalue weighted by Crippen LogP contribution is -1.92. The van der Waals surface area contributed by atoms with Crippen LogP contribution in [0.5, 0.6) is 0 Å². The summed E-state index contributed by atoms with van der Waals surface area (Å²) in [5.41, 5.74) is 6.55. The standard InChI is InChI=1S/C17H12N8S/c1-24-22-16(20-23-24)12-5-6-25-14(9-18-15(25)8-12)11-3-2-4-13(7-11)17-21-19-10-26-17/h2-10H,1H3. The number of hydrogen-bond acceptors (Lipinski definition) is 7. The summed E-state index contributed by atoms with van der Waals surface area (Å²) in [5, 5.41) is 21.1. The van der Waals surface area contributed by atoms with E-state index in [0.29, 0.717) is 5.82 Å². The van der Waals surface area contributed by atoms with Crippen molar-refractivity contribution >= 4 is 17.0 Å². The normalized spacial score (nSPS) is 11.3. The topological polar surface area (TPSA) is 86.7 Å². The fourth-order valence-electron chi connectivity index (χ4n) is 2.84. The SMILES string of the molecule is Cn1nnc(-c2ccn3c(-c4cccc(-c5nncs5)c4)cnc3c2)n1. The van der Waals surface area contributed by atoms with Crippen molar-refractivity contribution in [3.8, 4) is 33.2 Å². The Bertz CT molecular complexity index is 1200. The summed E-state index contributed by atoms with van der Waals surface area (Å²) in [4.78, 5) is 5.98. The molecule has 0 saturated carbocycles.